The van der Waals surface area contributed by atoms with Crippen molar-refractivity contribution in [2.75, 3.05) is 25.6 Å². The molecule has 5 heteroatoms. The zero-order chi connectivity index (χ0) is 19.7. The van der Waals surface area contributed by atoms with Crippen molar-refractivity contribution in [1.29, 1.82) is 0 Å². The molecule has 0 aliphatic carbocycles. The summed E-state index contributed by atoms with van der Waals surface area (Å²) < 4.78 is 5.82. The standard InChI is InChI=1S/C23H29N3O2/c1-26-19(27)12-11-16-9-10-18(21(28-2)20(16)26)15-23(24)13-6-14-25-22(23)17-7-4-3-5-8-17/h3-5,7-10,22,25H,6,11-15,24H2,1-2H3/t22-,23+/m1/s1. The van der Waals surface area contributed by atoms with Gasteiger partial charge in [0.25, 0.3) is 0 Å². The molecule has 28 heavy (non-hydrogen) atoms. The van der Waals surface area contributed by atoms with Crippen molar-refractivity contribution in [2.24, 2.45) is 5.73 Å². The van der Waals surface area contributed by atoms with E-state index < -0.39 is 5.54 Å². The quantitative estimate of drug-likeness (QED) is 0.857. The monoisotopic (exact) mass is 379 g/mol. The lowest BCUT2D eigenvalue weighted by atomic mass is 9.75. The molecule has 0 spiro atoms. The van der Waals surface area contributed by atoms with E-state index in [1.165, 1.54) is 5.56 Å². The van der Waals surface area contributed by atoms with Crippen LogP contribution in [0.1, 0.15) is 42.0 Å². The molecular weight excluding hydrogens is 350 g/mol. The topological polar surface area (TPSA) is 67.6 Å². The van der Waals surface area contributed by atoms with Gasteiger partial charge in [-0.3, -0.25) is 4.79 Å². The zero-order valence-electron chi connectivity index (χ0n) is 16.7. The van der Waals surface area contributed by atoms with Crippen LogP contribution in [0, 0.1) is 0 Å². The van der Waals surface area contributed by atoms with Gasteiger partial charge < -0.3 is 20.7 Å². The molecular formula is C23H29N3O2. The first-order chi connectivity index (χ1) is 13.5. The van der Waals surface area contributed by atoms with E-state index in [4.69, 9.17) is 10.5 Å². The van der Waals surface area contributed by atoms with Crippen LogP contribution in [0.5, 0.6) is 5.75 Å². The van der Waals surface area contributed by atoms with Crippen LogP contribution >= 0.6 is 0 Å². The number of carbonyl (C=O) groups excluding carboxylic acids is 1. The van der Waals surface area contributed by atoms with Crippen molar-refractivity contribution in [3.63, 3.8) is 0 Å². The number of fused-ring (bicyclic) bond motifs is 1. The molecule has 2 aliphatic heterocycles. The van der Waals surface area contributed by atoms with Gasteiger partial charge in [-0.2, -0.15) is 0 Å². The summed E-state index contributed by atoms with van der Waals surface area (Å²) in [6.45, 7) is 0.969. The van der Waals surface area contributed by atoms with Crippen LogP contribution < -0.4 is 20.7 Å². The van der Waals surface area contributed by atoms with Gasteiger partial charge in [0.1, 0.15) is 5.75 Å². The molecule has 2 heterocycles. The third-order valence-corrected chi connectivity index (χ3v) is 6.21. The highest BCUT2D eigenvalue weighted by molar-refractivity contribution is 5.98. The van der Waals surface area contributed by atoms with E-state index in [-0.39, 0.29) is 11.9 Å². The first kappa shape index (κ1) is 19.0. The van der Waals surface area contributed by atoms with Crippen molar-refractivity contribution in [2.45, 2.75) is 43.7 Å². The average Bonchev–Trinajstić information content (AvgIpc) is 2.71. The van der Waals surface area contributed by atoms with Crippen molar-refractivity contribution < 1.29 is 9.53 Å². The van der Waals surface area contributed by atoms with Gasteiger partial charge in [-0.1, -0.05) is 42.5 Å². The van der Waals surface area contributed by atoms with Gasteiger partial charge in [-0.05, 0) is 48.9 Å². The summed E-state index contributed by atoms with van der Waals surface area (Å²) >= 11 is 0. The number of carbonyl (C=O) groups is 1. The summed E-state index contributed by atoms with van der Waals surface area (Å²) in [5.41, 5.74) is 11.0. The lowest BCUT2D eigenvalue weighted by Crippen LogP contribution is -2.56. The molecule has 0 radical (unpaired) electrons. The number of ether oxygens (including phenoxy) is 1. The van der Waals surface area contributed by atoms with Gasteiger partial charge in [0.15, 0.2) is 0 Å². The zero-order valence-corrected chi connectivity index (χ0v) is 16.7. The number of piperidine rings is 1. The second-order valence-corrected chi connectivity index (χ2v) is 8.03. The first-order valence-corrected chi connectivity index (χ1v) is 10.1. The van der Waals surface area contributed by atoms with Crippen LogP contribution in [0.2, 0.25) is 0 Å². The molecule has 3 N–H and O–H groups in total. The van der Waals surface area contributed by atoms with Gasteiger partial charge in [0.2, 0.25) is 5.91 Å². The van der Waals surface area contributed by atoms with Crippen LogP contribution in [-0.2, 0) is 17.6 Å². The van der Waals surface area contributed by atoms with Crippen molar-refractivity contribution in [3.8, 4) is 5.75 Å². The van der Waals surface area contributed by atoms with Crippen LogP contribution in [0.15, 0.2) is 42.5 Å². The molecule has 1 amide bonds. The molecule has 0 unspecified atom stereocenters. The van der Waals surface area contributed by atoms with Gasteiger partial charge >= 0.3 is 0 Å². The summed E-state index contributed by atoms with van der Waals surface area (Å²) in [4.78, 5) is 14.0. The normalized spacial score (nSPS) is 24.8. The number of nitrogens with one attached hydrogen (secondary N) is 1. The minimum absolute atomic E-state index is 0.0857. The summed E-state index contributed by atoms with van der Waals surface area (Å²) in [6.07, 6.45) is 3.99. The van der Waals surface area contributed by atoms with Crippen molar-refractivity contribution in [3.05, 3.63) is 59.2 Å². The third-order valence-electron chi connectivity index (χ3n) is 6.21. The Hall–Kier alpha value is -2.37. The summed E-state index contributed by atoms with van der Waals surface area (Å²) in [5, 5.41) is 3.63. The maximum atomic E-state index is 12.3. The minimum Gasteiger partial charge on any atom is -0.494 e. The first-order valence-electron chi connectivity index (χ1n) is 10.1. The van der Waals surface area contributed by atoms with E-state index in [9.17, 15) is 4.79 Å². The molecule has 2 aromatic rings. The fraction of sp³-hybridized carbons (Fsp3) is 0.435. The Balaban J connectivity index is 1.72. The summed E-state index contributed by atoms with van der Waals surface area (Å²) in [5.74, 6) is 0.919. The molecule has 2 aliphatic rings. The average molecular weight is 380 g/mol. The van der Waals surface area contributed by atoms with Gasteiger partial charge in [0.05, 0.1) is 18.8 Å². The molecule has 0 bridgehead atoms. The van der Waals surface area contributed by atoms with Gasteiger partial charge in [-0.15, -0.1) is 0 Å². The molecule has 0 aromatic heterocycles. The van der Waals surface area contributed by atoms with E-state index in [1.54, 1.807) is 12.0 Å². The Labute approximate surface area is 166 Å². The lowest BCUT2D eigenvalue weighted by molar-refractivity contribution is -0.118. The Morgan fingerprint density at radius 2 is 2.00 bits per heavy atom. The second kappa shape index (κ2) is 7.57. The van der Waals surface area contributed by atoms with E-state index in [1.807, 2.05) is 13.1 Å². The van der Waals surface area contributed by atoms with Crippen LogP contribution in [0.3, 0.4) is 0 Å². The number of methoxy groups -OCH3 is 1. The molecule has 148 valence electrons. The third kappa shape index (κ3) is 3.29. The number of rotatable bonds is 4. The number of nitrogens with zero attached hydrogens (tertiary/aromatic N) is 1. The number of aryl methyl sites for hydroxylation is 1. The Morgan fingerprint density at radius 1 is 1.21 bits per heavy atom. The predicted molar refractivity (Wildman–Crippen MR) is 112 cm³/mol. The van der Waals surface area contributed by atoms with E-state index in [0.29, 0.717) is 12.8 Å². The lowest BCUT2D eigenvalue weighted by Gasteiger charge is -2.43. The SMILES string of the molecule is COc1c(C[C@@]2(N)CCCN[C@@H]2c2ccccc2)ccc2c1N(C)C(=O)CC2. The fourth-order valence-electron chi connectivity index (χ4n) is 4.78. The fourth-order valence-corrected chi connectivity index (χ4v) is 4.78. The maximum Gasteiger partial charge on any atom is 0.227 e. The molecule has 1 fully saturated rings. The highest BCUT2D eigenvalue weighted by atomic mass is 16.5. The number of amides is 1. The molecule has 5 nitrogen and oxygen atoms in total. The van der Waals surface area contributed by atoms with E-state index in [2.05, 4.69) is 41.7 Å². The molecule has 2 atom stereocenters. The smallest absolute Gasteiger partial charge is 0.227 e. The van der Waals surface area contributed by atoms with Gasteiger partial charge in [-0.25, -0.2) is 0 Å². The van der Waals surface area contributed by atoms with Crippen LogP contribution in [0.25, 0.3) is 0 Å². The second-order valence-electron chi connectivity index (χ2n) is 8.03. The van der Waals surface area contributed by atoms with Crippen LogP contribution in [0.4, 0.5) is 5.69 Å². The molecule has 4 rings (SSSR count). The summed E-state index contributed by atoms with van der Waals surface area (Å²) in [6, 6.07) is 14.8. The highest BCUT2D eigenvalue weighted by Crippen LogP contribution is 2.42. The Kier molecular flexibility index (Phi) is 5.13. The van der Waals surface area contributed by atoms with Crippen molar-refractivity contribution in [1.82, 2.24) is 5.32 Å². The van der Waals surface area contributed by atoms with Crippen molar-refractivity contribution >= 4 is 11.6 Å². The summed E-state index contributed by atoms with van der Waals surface area (Å²) in [7, 11) is 3.52. The Bertz CT molecular complexity index is 868. The molecule has 0 saturated carbocycles. The molecule has 1 saturated heterocycles. The van der Waals surface area contributed by atoms with Gasteiger partial charge in [0, 0.05) is 19.0 Å². The minimum atomic E-state index is -0.418. The number of hydrogen-bond donors (Lipinski definition) is 2. The van der Waals surface area contributed by atoms with Crippen LogP contribution in [-0.4, -0.2) is 32.1 Å². The number of hydrogen-bond acceptors (Lipinski definition) is 4. The Morgan fingerprint density at radius 3 is 2.75 bits per heavy atom. The molecule has 2 aromatic carbocycles. The van der Waals surface area contributed by atoms with E-state index in [0.717, 1.165) is 48.4 Å². The largest absolute Gasteiger partial charge is 0.494 e. The number of anilines is 1. The van der Waals surface area contributed by atoms with E-state index >= 15 is 0 Å². The highest BCUT2D eigenvalue weighted by Gasteiger charge is 2.39. The maximum absolute atomic E-state index is 12.3. The predicted octanol–water partition coefficient (Wildman–Crippen LogP) is 2.97. The number of nitrogens with two attached hydrogens (primary N) is 1. The number of benzene rings is 2.